The van der Waals surface area contributed by atoms with E-state index in [0.717, 1.165) is 12.8 Å². The maximum absolute atomic E-state index is 8.86. The molecule has 0 aliphatic carbocycles. The molecule has 0 saturated heterocycles. The summed E-state index contributed by atoms with van der Waals surface area (Å²) >= 11 is 0. The minimum Gasteiger partial charge on any atom is -0.494 e. The summed E-state index contributed by atoms with van der Waals surface area (Å²) in [4.78, 5) is 0. The monoisotopic (exact) mass is 228 g/mol. The normalized spacial score (nSPS) is 9.35. The Morgan fingerprint density at radius 2 is 1.82 bits per heavy atom. The summed E-state index contributed by atoms with van der Waals surface area (Å²) in [6.45, 7) is 2.83. The van der Waals surface area contributed by atoms with E-state index < -0.39 is 0 Å². The zero-order valence-corrected chi connectivity index (χ0v) is 10.1. The second-order valence-corrected chi connectivity index (χ2v) is 3.84. The average molecular weight is 228 g/mol. The molecule has 0 spiro atoms. The second kappa shape index (κ2) is 7.30. The first kappa shape index (κ1) is 13.1. The number of nitriles is 2. The van der Waals surface area contributed by atoms with Gasteiger partial charge in [-0.3, -0.25) is 0 Å². The lowest BCUT2D eigenvalue weighted by Gasteiger charge is -2.06. The van der Waals surface area contributed by atoms with Crippen LogP contribution >= 0.6 is 0 Å². The van der Waals surface area contributed by atoms with Crippen LogP contribution in [0.15, 0.2) is 18.2 Å². The predicted octanol–water partition coefficient (Wildman–Crippen LogP) is 3.39. The highest BCUT2D eigenvalue weighted by Gasteiger charge is 2.03. The molecule has 0 aromatic heterocycles. The van der Waals surface area contributed by atoms with Gasteiger partial charge in [-0.2, -0.15) is 10.5 Å². The van der Waals surface area contributed by atoms with Crippen molar-refractivity contribution in [1.82, 2.24) is 0 Å². The Morgan fingerprint density at radius 3 is 2.47 bits per heavy atom. The van der Waals surface area contributed by atoms with Gasteiger partial charge in [-0.25, -0.2) is 0 Å². The summed E-state index contributed by atoms with van der Waals surface area (Å²) < 4.78 is 5.53. The Balaban J connectivity index is 2.50. The molecule has 1 aromatic rings. The van der Waals surface area contributed by atoms with Gasteiger partial charge in [0, 0.05) is 0 Å². The molecule has 1 aromatic carbocycles. The van der Waals surface area contributed by atoms with Crippen molar-refractivity contribution in [2.45, 2.75) is 32.6 Å². The van der Waals surface area contributed by atoms with Crippen LogP contribution in [0.3, 0.4) is 0 Å². The number of ether oxygens (including phenoxy) is 1. The van der Waals surface area contributed by atoms with Gasteiger partial charge in [0.15, 0.2) is 0 Å². The molecule has 1 rings (SSSR count). The van der Waals surface area contributed by atoms with Gasteiger partial charge in [0.25, 0.3) is 0 Å². The van der Waals surface area contributed by atoms with Gasteiger partial charge >= 0.3 is 0 Å². The van der Waals surface area contributed by atoms with Crippen LogP contribution in [0, 0.1) is 22.7 Å². The molecule has 88 valence electrons. The highest BCUT2D eigenvalue weighted by Crippen LogP contribution is 2.17. The van der Waals surface area contributed by atoms with Crippen LogP contribution in [0.1, 0.15) is 43.7 Å². The van der Waals surface area contributed by atoms with Crippen LogP contribution in [0.5, 0.6) is 5.75 Å². The third-order valence-corrected chi connectivity index (χ3v) is 2.50. The number of hydrogen-bond donors (Lipinski definition) is 0. The molecular weight excluding hydrogens is 212 g/mol. The van der Waals surface area contributed by atoms with Crippen molar-refractivity contribution >= 4 is 0 Å². The van der Waals surface area contributed by atoms with Crippen molar-refractivity contribution in [2.24, 2.45) is 0 Å². The summed E-state index contributed by atoms with van der Waals surface area (Å²) in [6.07, 6.45) is 4.61. The van der Waals surface area contributed by atoms with E-state index in [1.807, 2.05) is 12.1 Å². The third kappa shape index (κ3) is 4.17. The maximum atomic E-state index is 8.86. The minimum atomic E-state index is 0.374. The molecule has 0 atom stereocenters. The average Bonchev–Trinajstić information content (AvgIpc) is 2.38. The first-order valence-corrected chi connectivity index (χ1v) is 5.89. The first-order chi connectivity index (χ1) is 8.31. The van der Waals surface area contributed by atoms with Crippen LogP contribution < -0.4 is 4.74 Å². The molecule has 17 heavy (non-hydrogen) atoms. The van der Waals surface area contributed by atoms with E-state index in [2.05, 4.69) is 6.92 Å². The van der Waals surface area contributed by atoms with Gasteiger partial charge in [0.1, 0.15) is 17.9 Å². The molecule has 3 heteroatoms. The van der Waals surface area contributed by atoms with Crippen molar-refractivity contribution in [1.29, 1.82) is 10.5 Å². The van der Waals surface area contributed by atoms with Crippen molar-refractivity contribution < 1.29 is 4.74 Å². The van der Waals surface area contributed by atoms with Gasteiger partial charge in [0.2, 0.25) is 0 Å². The number of nitrogens with zero attached hydrogens (tertiary/aromatic N) is 2. The smallest absolute Gasteiger partial charge is 0.120 e. The quantitative estimate of drug-likeness (QED) is 0.701. The van der Waals surface area contributed by atoms with Crippen LogP contribution in [0.4, 0.5) is 0 Å². The summed E-state index contributed by atoms with van der Waals surface area (Å²) in [5.41, 5.74) is 0.768. The third-order valence-electron chi connectivity index (χ3n) is 2.50. The lowest BCUT2D eigenvalue weighted by Crippen LogP contribution is -1.98. The van der Waals surface area contributed by atoms with Crippen molar-refractivity contribution in [3.8, 4) is 17.9 Å². The topological polar surface area (TPSA) is 56.8 Å². The SMILES string of the molecule is CCCCCCOc1ccc(C#N)c(C#N)c1. The highest BCUT2D eigenvalue weighted by atomic mass is 16.5. The maximum Gasteiger partial charge on any atom is 0.120 e. The molecule has 0 heterocycles. The standard InChI is InChI=1S/C14H16N2O/c1-2-3-4-5-8-17-14-7-6-12(10-15)13(9-14)11-16/h6-7,9H,2-5,8H2,1H3. The number of benzene rings is 1. The van der Waals surface area contributed by atoms with Crippen LogP contribution in [-0.4, -0.2) is 6.61 Å². The summed E-state index contributed by atoms with van der Waals surface area (Å²) in [6, 6.07) is 8.96. The fourth-order valence-corrected chi connectivity index (χ4v) is 1.52. The predicted molar refractivity (Wildman–Crippen MR) is 65.5 cm³/mol. The second-order valence-electron chi connectivity index (χ2n) is 3.84. The van der Waals surface area contributed by atoms with Crippen molar-refractivity contribution in [3.05, 3.63) is 29.3 Å². The number of hydrogen-bond acceptors (Lipinski definition) is 3. The van der Waals surface area contributed by atoms with Gasteiger partial charge in [-0.15, -0.1) is 0 Å². The van der Waals surface area contributed by atoms with E-state index in [-0.39, 0.29) is 0 Å². The fraction of sp³-hybridized carbons (Fsp3) is 0.429. The zero-order chi connectivity index (χ0) is 12.5. The Bertz CT molecular complexity index is 441. The Morgan fingerprint density at radius 1 is 1.06 bits per heavy atom. The van der Waals surface area contributed by atoms with Gasteiger partial charge in [-0.1, -0.05) is 26.2 Å². The van der Waals surface area contributed by atoms with E-state index in [4.69, 9.17) is 15.3 Å². The molecule has 0 radical (unpaired) electrons. The molecule has 0 aliphatic heterocycles. The molecule has 0 aliphatic rings. The lowest BCUT2D eigenvalue weighted by atomic mass is 10.1. The van der Waals surface area contributed by atoms with Crippen LogP contribution in [0.25, 0.3) is 0 Å². The molecule has 0 fully saturated rings. The van der Waals surface area contributed by atoms with E-state index in [0.29, 0.717) is 23.5 Å². The first-order valence-electron chi connectivity index (χ1n) is 5.89. The highest BCUT2D eigenvalue weighted by molar-refractivity contribution is 5.49. The Hall–Kier alpha value is -2.00. The van der Waals surface area contributed by atoms with Crippen LogP contribution in [-0.2, 0) is 0 Å². The van der Waals surface area contributed by atoms with Crippen LogP contribution in [0.2, 0.25) is 0 Å². The number of unbranched alkanes of at least 4 members (excludes halogenated alkanes) is 3. The van der Waals surface area contributed by atoms with Gasteiger partial charge in [0.05, 0.1) is 17.7 Å². The molecule has 0 saturated carbocycles. The van der Waals surface area contributed by atoms with E-state index >= 15 is 0 Å². The summed E-state index contributed by atoms with van der Waals surface area (Å²) in [5, 5.41) is 17.6. The Labute approximate surface area is 102 Å². The van der Waals surface area contributed by atoms with E-state index in [9.17, 15) is 0 Å². The van der Waals surface area contributed by atoms with E-state index in [1.165, 1.54) is 12.8 Å². The molecule has 0 amide bonds. The number of rotatable bonds is 6. The van der Waals surface area contributed by atoms with E-state index in [1.54, 1.807) is 18.2 Å². The Kier molecular flexibility index (Phi) is 5.61. The molecule has 0 N–H and O–H groups in total. The summed E-state index contributed by atoms with van der Waals surface area (Å²) in [7, 11) is 0. The van der Waals surface area contributed by atoms with Crippen molar-refractivity contribution in [2.75, 3.05) is 6.61 Å². The molecular formula is C14H16N2O. The fourth-order valence-electron chi connectivity index (χ4n) is 1.52. The zero-order valence-electron chi connectivity index (χ0n) is 10.1. The minimum absolute atomic E-state index is 0.374. The van der Waals surface area contributed by atoms with Crippen molar-refractivity contribution in [3.63, 3.8) is 0 Å². The molecule has 3 nitrogen and oxygen atoms in total. The molecule has 0 bridgehead atoms. The van der Waals surface area contributed by atoms with Gasteiger partial charge in [-0.05, 0) is 24.6 Å². The lowest BCUT2D eigenvalue weighted by molar-refractivity contribution is 0.305. The molecule has 0 unspecified atom stereocenters. The van der Waals surface area contributed by atoms with Gasteiger partial charge < -0.3 is 4.74 Å². The largest absolute Gasteiger partial charge is 0.494 e. The summed E-state index contributed by atoms with van der Waals surface area (Å²) in [5.74, 6) is 0.664.